The molecule has 1 nitrogen and oxygen atoms in total. The van der Waals surface area contributed by atoms with Crippen molar-refractivity contribution in [3.05, 3.63) is 35.9 Å². The van der Waals surface area contributed by atoms with Crippen molar-refractivity contribution >= 4 is 12.6 Å². The van der Waals surface area contributed by atoms with Gasteiger partial charge in [-0.1, -0.05) is 49.6 Å². The molecule has 0 amide bonds. The maximum Gasteiger partial charge on any atom is 0.0542 e. The van der Waals surface area contributed by atoms with Gasteiger partial charge in [-0.2, -0.15) is 12.6 Å². The molecule has 0 radical (unpaired) electrons. The molecular weight excluding hydrogens is 228 g/mol. The SMILES string of the molecule is SCC(COCCC1CCC1)c1ccccc1. The number of ether oxygens (including phenoxy) is 1. The van der Waals surface area contributed by atoms with E-state index < -0.39 is 0 Å². The minimum Gasteiger partial charge on any atom is -0.381 e. The molecule has 1 saturated carbocycles. The quantitative estimate of drug-likeness (QED) is 0.570. The largest absolute Gasteiger partial charge is 0.381 e. The highest BCUT2D eigenvalue weighted by molar-refractivity contribution is 7.80. The van der Waals surface area contributed by atoms with Gasteiger partial charge in [-0.05, 0) is 23.7 Å². The van der Waals surface area contributed by atoms with Crippen molar-refractivity contribution in [3.63, 3.8) is 0 Å². The highest BCUT2D eigenvalue weighted by Gasteiger charge is 2.17. The van der Waals surface area contributed by atoms with E-state index >= 15 is 0 Å². The summed E-state index contributed by atoms with van der Waals surface area (Å²) in [6.07, 6.45) is 5.50. The number of hydrogen-bond acceptors (Lipinski definition) is 2. The fraction of sp³-hybridized carbons (Fsp3) is 0.600. The number of thiol groups is 1. The summed E-state index contributed by atoms with van der Waals surface area (Å²) >= 11 is 4.42. The van der Waals surface area contributed by atoms with Gasteiger partial charge in [-0.15, -0.1) is 0 Å². The molecule has 1 aromatic rings. The zero-order valence-electron chi connectivity index (χ0n) is 10.3. The molecule has 2 rings (SSSR count). The Balaban J connectivity index is 1.68. The van der Waals surface area contributed by atoms with Gasteiger partial charge in [0, 0.05) is 12.5 Å². The molecule has 0 heterocycles. The second-order valence-electron chi connectivity index (χ2n) is 4.95. The van der Waals surface area contributed by atoms with Crippen LogP contribution in [0.2, 0.25) is 0 Å². The first-order chi connectivity index (χ1) is 8.40. The van der Waals surface area contributed by atoms with Gasteiger partial charge < -0.3 is 4.74 Å². The molecule has 0 aromatic heterocycles. The minimum atomic E-state index is 0.431. The van der Waals surface area contributed by atoms with Crippen molar-refractivity contribution in [1.29, 1.82) is 0 Å². The average molecular weight is 250 g/mol. The van der Waals surface area contributed by atoms with Crippen LogP contribution in [0.5, 0.6) is 0 Å². The second-order valence-corrected chi connectivity index (χ2v) is 5.32. The van der Waals surface area contributed by atoms with Gasteiger partial charge in [-0.3, -0.25) is 0 Å². The second kappa shape index (κ2) is 7.07. The third kappa shape index (κ3) is 4.04. The molecule has 1 aromatic carbocycles. The predicted octanol–water partition coefficient (Wildman–Crippen LogP) is 3.91. The van der Waals surface area contributed by atoms with Crippen molar-refractivity contribution < 1.29 is 4.74 Å². The first-order valence-electron chi connectivity index (χ1n) is 6.63. The van der Waals surface area contributed by atoms with E-state index in [-0.39, 0.29) is 0 Å². The highest BCUT2D eigenvalue weighted by Crippen LogP contribution is 2.29. The third-order valence-electron chi connectivity index (χ3n) is 3.71. The van der Waals surface area contributed by atoms with Crippen LogP contribution in [0.4, 0.5) is 0 Å². The van der Waals surface area contributed by atoms with Gasteiger partial charge in [0.05, 0.1) is 6.61 Å². The minimum absolute atomic E-state index is 0.431. The van der Waals surface area contributed by atoms with Gasteiger partial charge in [-0.25, -0.2) is 0 Å². The van der Waals surface area contributed by atoms with Crippen molar-refractivity contribution in [3.8, 4) is 0 Å². The van der Waals surface area contributed by atoms with E-state index in [0.29, 0.717) is 5.92 Å². The van der Waals surface area contributed by atoms with Gasteiger partial charge in [0.25, 0.3) is 0 Å². The standard InChI is InChI=1S/C15H22OS/c17-12-15(14-7-2-1-3-8-14)11-16-10-9-13-5-4-6-13/h1-3,7-8,13,15,17H,4-6,9-12H2. The summed E-state index contributed by atoms with van der Waals surface area (Å²) in [5, 5.41) is 0. The topological polar surface area (TPSA) is 9.23 Å². The molecule has 0 saturated heterocycles. The Labute approximate surface area is 110 Å². The summed E-state index contributed by atoms with van der Waals surface area (Å²) in [7, 11) is 0. The molecular formula is C15H22OS. The third-order valence-corrected chi connectivity index (χ3v) is 4.15. The lowest BCUT2D eigenvalue weighted by Gasteiger charge is -2.25. The van der Waals surface area contributed by atoms with Crippen LogP contribution in [0.25, 0.3) is 0 Å². The summed E-state index contributed by atoms with van der Waals surface area (Å²) in [4.78, 5) is 0. The first-order valence-corrected chi connectivity index (χ1v) is 7.27. The number of benzene rings is 1. The Morgan fingerprint density at radius 1 is 1.24 bits per heavy atom. The predicted molar refractivity (Wildman–Crippen MR) is 75.8 cm³/mol. The summed E-state index contributed by atoms with van der Waals surface area (Å²) in [6, 6.07) is 10.5. The van der Waals surface area contributed by atoms with E-state index in [1.54, 1.807) is 0 Å². The van der Waals surface area contributed by atoms with E-state index in [2.05, 4.69) is 43.0 Å². The Morgan fingerprint density at radius 2 is 2.00 bits per heavy atom. The van der Waals surface area contributed by atoms with Crippen LogP contribution in [0.1, 0.15) is 37.2 Å². The molecule has 1 aliphatic rings. The average Bonchev–Trinajstić information content (AvgIpc) is 2.33. The van der Waals surface area contributed by atoms with Gasteiger partial charge in [0.2, 0.25) is 0 Å². The number of rotatable bonds is 7. The number of hydrogen-bond donors (Lipinski definition) is 1. The van der Waals surface area contributed by atoms with Crippen molar-refractivity contribution in [2.45, 2.75) is 31.6 Å². The van der Waals surface area contributed by atoms with Crippen molar-refractivity contribution in [2.75, 3.05) is 19.0 Å². The fourth-order valence-electron chi connectivity index (χ4n) is 2.24. The maximum atomic E-state index is 5.80. The summed E-state index contributed by atoms with van der Waals surface area (Å²) < 4.78 is 5.80. The van der Waals surface area contributed by atoms with Gasteiger partial charge >= 0.3 is 0 Å². The van der Waals surface area contributed by atoms with E-state index in [4.69, 9.17) is 4.74 Å². The summed E-state index contributed by atoms with van der Waals surface area (Å²) in [6.45, 7) is 1.72. The lowest BCUT2D eigenvalue weighted by Crippen LogP contribution is -2.16. The lowest BCUT2D eigenvalue weighted by molar-refractivity contribution is 0.0989. The molecule has 1 atom stereocenters. The van der Waals surface area contributed by atoms with Crippen LogP contribution in [-0.4, -0.2) is 19.0 Å². The monoisotopic (exact) mass is 250 g/mol. The fourth-order valence-corrected chi connectivity index (χ4v) is 2.55. The van der Waals surface area contributed by atoms with E-state index in [0.717, 1.165) is 24.9 Å². The zero-order chi connectivity index (χ0) is 11.9. The van der Waals surface area contributed by atoms with Crippen LogP contribution in [0, 0.1) is 5.92 Å². The smallest absolute Gasteiger partial charge is 0.0542 e. The molecule has 94 valence electrons. The van der Waals surface area contributed by atoms with Crippen LogP contribution >= 0.6 is 12.6 Å². The van der Waals surface area contributed by atoms with Crippen LogP contribution in [0.3, 0.4) is 0 Å². The Hall–Kier alpha value is -0.470. The zero-order valence-corrected chi connectivity index (χ0v) is 11.2. The van der Waals surface area contributed by atoms with Crippen LogP contribution in [0.15, 0.2) is 30.3 Å². The van der Waals surface area contributed by atoms with Crippen molar-refractivity contribution in [2.24, 2.45) is 5.92 Å². The molecule has 2 heteroatoms. The molecule has 0 spiro atoms. The Bertz CT molecular complexity index is 308. The molecule has 1 fully saturated rings. The first kappa shape index (κ1) is 13.0. The highest BCUT2D eigenvalue weighted by atomic mass is 32.1. The summed E-state index contributed by atoms with van der Waals surface area (Å²) in [5.41, 5.74) is 1.34. The summed E-state index contributed by atoms with van der Waals surface area (Å²) in [5.74, 6) is 2.23. The normalized spacial score (nSPS) is 17.7. The maximum absolute atomic E-state index is 5.80. The van der Waals surface area contributed by atoms with Crippen LogP contribution in [-0.2, 0) is 4.74 Å². The van der Waals surface area contributed by atoms with E-state index in [1.807, 2.05) is 0 Å². The van der Waals surface area contributed by atoms with E-state index in [9.17, 15) is 0 Å². The lowest BCUT2D eigenvalue weighted by atomic mass is 9.83. The van der Waals surface area contributed by atoms with Gasteiger partial charge in [0.1, 0.15) is 0 Å². The molecule has 0 aliphatic heterocycles. The van der Waals surface area contributed by atoms with Gasteiger partial charge in [0.15, 0.2) is 0 Å². The van der Waals surface area contributed by atoms with E-state index in [1.165, 1.54) is 31.2 Å². The Kier molecular flexibility index (Phi) is 5.40. The van der Waals surface area contributed by atoms with Crippen LogP contribution < -0.4 is 0 Å². The molecule has 1 aliphatic carbocycles. The molecule has 0 N–H and O–H groups in total. The molecule has 1 unspecified atom stereocenters. The molecule has 0 bridgehead atoms. The van der Waals surface area contributed by atoms with Crippen molar-refractivity contribution in [1.82, 2.24) is 0 Å². The molecule has 17 heavy (non-hydrogen) atoms. The Morgan fingerprint density at radius 3 is 2.59 bits per heavy atom.